The summed E-state index contributed by atoms with van der Waals surface area (Å²) in [5, 5.41) is 3.40. The van der Waals surface area contributed by atoms with Crippen molar-refractivity contribution in [2.24, 2.45) is 5.92 Å². The lowest BCUT2D eigenvalue weighted by molar-refractivity contribution is 0.114. The van der Waals surface area contributed by atoms with Crippen LogP contribution < -0.4 is 5.32 Å². The molecule has 1 fully saturated rings. The average molecular weight is 264 g/mol. The summed E-state index contributed by atoms with van der Waals surface area (Å²) in [5.74, 6) is 0.536. The van der Waals surface area contributed by atoms with E-state index in [1.54, 1.807) is 12.1 Å². The van der Waals surface area contributed by atoms with E-state index >= 15 is 0 Å². The maximum absolute atomic E-state index is 12.9. The summed E-state index contributed by atoms with van der Waals surface area (Å²) in [6.07, 6.45) is 2.21. The van der Waals surface area contributed by atoms with Crippen molar-refractivity contribution in [2.45, 2.75) is 38.8 Å². The van der Waals surface area contributed by atoms with E-state index in [0.717, 1.165) is 19.5 Å². The molecule has 0 radical (unpaired) electrons. The molecule has 0 aromatic heterocycles. The Hall–Kier alpha value is -0.930. The topological polar surface area (TPSA) is 15.3 Å². The molecule has 1 aromatic rings. The summed E-state index contributed by atoms with van der Waals surface area (Å²) in [5.41, 5.74) is 1.22. The van der Waals surface area contributed by atoms with Crippen LogP contribution in [0.1, 0.15) is 25.8 Å². The molecule has 1 aromatic carbocycles. The van der Waals surface area contributed by atoms with Crippen LogP contribution in [0.25, 0.3) is 0 Å². The van der Waals surface area contributed by atoms with Gasteiger partial charge in [0.1, 0.15) is 5.82 Å². The van der Waals surface area contributed by atoms with Gasteiger partial charge in [-0.1, -0.05) is 19.1 Å². The Bertz CT molecular complexity index is 390. The molecular weight excluding hydrogens is 239 g/mol. The Morgan fingerprint density at radius 1 is 1.37 bits per heavy atom. The molecule has 1 aliphatic heterocycles. The van der Waals surface area contributed by atoms with Gasteiger partial charge in [0, 0.05) is 18.6 Å². The van der Waals surface area contributed by atoms with Crippen molar-refractivity contribution in [1.29, 1.82) is 0 Å². The highest BCUT2D eigenvalue weighted by molar-refractivity contribution is 5.17. The van der Waals surface area contributed by atoms with Crippen LogP contribution in [0.3, 0.4) is 0 Å². The van der Waals surface area contributed by atoms with Crippen molar-refractivity contribution in [3.05, 3.63) is 35.6 Å². The lowest BCUT2D eigenvalue weighted by atomic mass is 9.92. The Morgan fingerprint density at radius 2 is 2.05 bits per heavy atom. The summed E-state index contributed by atoms with van der Waals surface area (Å²) in [4.78, 5) is 2.56. The SMILES string of the molecule is CNC1CCN(C(C)Cc2ccc(F)cc2)CC1C. The number of benzene rings is 1. The third-order valence-electron chi connectivity index (χ3n) is 4.38. The normalized spacial score (nSPS) is 26.3. The van der Waals surface area contributed by atoms with E-state index in [9.17, 15) is 4.39 Å². The maximum Gasteiger partial charge on any atom is 0.123 e. The van der Waals surface area contributed by atoms with Gasteiger partial charge in [-0.25, -0.2) is 4.39 Å². The molecular formula is C16H25FN2. The fourth-order valence-corrected chi connectivity index (χ4v) is 3.10. The highest BCUT2D eigenvalue weighted by Crippen LogP contribution is 2.20. The van der Waals surface area contributed by atoms with Gasteiger partial charge >= 0.3 is 0 Å². The lowest BCUT2D eigenvalue weighted by Gasteiger charge is -2.40. The van der Waals surface area contributed by atoms with E-state index < -0.39 is 0 Å². The van der Waals surface area contributed by atoms with Gasteiger partial charge in [-0.05, 0) is 57.0 Å². The van der Waals surface area contributed by atoms with Gasteiger partial charge in [0.2, 0.25) is 0 Å². The quantitative estimate of drug-likeness (QED) is 0.899. The predicted molar refractivity (Wildman–Crippen MR) is 77.8 cm³/mol. The van der Waals surface area contributed by atoms with E-state index in [-0.39, 0.29) is 5.82 Å². The molecule has 106 valence electrons. The van der Waals surface area contributed by atoms with Crippen LogP contribution in [-0.2, 0) is 6.42 Å². The van der Waals surface area contributed by atoms with Crippen LogP contribution >= 0.6 is 0 Å². The minimum Gasteiger partial charge on any atom is -0.317 e. The largest absolute Gasteiger partial charge is 0.317 e. The highest BCUT2D eigenvalue weighted by Gasteiger charge is 2.27. The first-order chi connectivity index (χ1) is 9.10. The number of rotatable bonds is 4. The van der Waals surface area contributed by atoms with Gasteiger partial charge in [0.05, 0.1) is 0 Å². The first kappa shape index (κ1) is 14.5. The Balaban J connectivity index is 1.90. The van der Waals surface area contributed by atoms with Gasteiger partial charge < -0.3 is 5.32 Å². The molecule has 3 heteroatoms. The van der Waals surface area contributed by atoms with Crippen molar-refractivity contribution in [3.8, 4) is 0 Å². The molecule has 0 bridgehead atoms. The zero-order chi connectivity index (χ0) is 13.8. The second kappa shape index (κ2) is 6.49. The van der Waals surface area contributed by atoms with Gasteiger partial charge in [-0.15, -0.1) is 0 Å². The molecule has 2 nitrogen and oxygen atoms in total. The lowest BCUT2D eigenvalue weighted by Crippen LogP contribution is -2.50. The number of likely N-dealkylation sites (tertiary alicyclic amines) is 1. The van der Waals surface area contributed by atoms with E-state index in [0.29, 0.717) is 18.0 Å². The third kappa shape index (κ3) is 3.77. The van der Waals surface area contributed by atoms with Crippen molar-refractivity contribution in [3.63, 3.8) is 0 Å². The molecule has 3 atom stereocenters. The fraction of sp³-hybridized carbons (Fsp3) is 0.625. The minimum absolute atomic E-state index is 0.153. The smallest absolute Gasteiger partial charge is 0.123 e. The van der Waals surface area contributed by atoms with E-state index in [4.69, 9.17) is 0 Å². The first-order valence-electron chi connectivity index (χ1n) is 7.26. The van der Waals surface area contributed by atoms with E-state index in [1.807, 2.05) is 12.1 Å². The molecule has 0 amide bonds. The predicted octanol–water partition coefficient (Wildman–Crippen LogP) is 2.69. The van der Waals surface area contributed by atoms with Crippen molar-refractivity contribution in [1.82, 2.24) is 10.2 Å². The molecule has 1 saturated heterocycles. The molecule has 3 unspecified atom stereocenters. The zero-order valence-electron chi connectivity index (χ0n) is 12.2. The molecule has 0 spiro atoms. The van der Waals surface area contributed by atoms with Gasteiger partial charge in [-0.3, -0.25) is 4.90 Å². The van der Waals surface area contributed by atoms with Gasteiger partial charge in [-0.2, -0.15) is 0 Å². The second-order valence-corrected chi connectivity index (χ2v) is 5.84. The Kier molecular flexibility index (Phi) is 4.94. The first-order valence-corrected chi connectivity index (χ1v) is 7.26. The number of halogens is 1. The van der Waals surface area contributed by atoms with Crippen molar-refractivity contribution >= 4 is 0 Å². The van der Waals surface area contributed by atoms with Crippen LogP contribution in [-0.4, -0.2) is 37.1 Å². The van der Waals surface area contributed by atoms with Gasteiger partial charge in [0.15, 0.2) is 0 Å². The standard InChI is InChI=1S/C16H25FN2/c1-12-11-19(9-8-16(12)18-3)13(2)10-14-4-6-15(17)7-5-14/h4-7,12-13,16,18H,8-11H2,1-3H3. The maximum atomic E-state index is 12.9. The molecule has 19 heavy (non-hydrogen) atoms. The summed E-state index contributed by atoms with van der Waals surface area (Å²) in [6, 6.07) is 8.07. The monoisotopic (exact) mass is 264 g/mol. The minimum atomic E-state index is -0.153. The summed E-state index contributed by atoms with van der Waals surface area (Å²) in [6.45, 7) is 6.89. The molecule has 0 aliphatic carbocycles. The van der Waals surface area contributed by atoms with Gasteiger partial charge in [0.25, 0.3) is 0 Å². The summed E-state index contributed by atoms with van der Waals surface area (Å²) >= 11 is 0. The Morgan fingerprint density at radius 3 is 2.63 bits per heavy atom. The highest BCUT2D eigenvalue weighted by atomic mass is 19.1. The van der Waals surface area contributed by atoms with Crippen LogP contribution in [0, 0.1) is 11.7 Å². The zero-order valence-corrected chi connectivity index (χ0v) is 12.2. The molecule has 1 N–H and O–H groups in total. The van der Waals surface area contributed by atoms with Crippen molar-refractivity contribution in [2.75, 3.05) is 20.1 Å². The average Bonchev–Trinajstić information content (AvgIpc) is 2.41. The van der Waals surface area contributed by atoms with Crippen LogP contribution in [0.15, 0.2) is 24.3 Å². The fourth-order valence-electron chi connectivity index (χ4n) is 3.10. The van der Waals surface area contributed by atoms with Crippen LogP contribution in [0.4, 0.5) is 4.39 Å². The number of hydrogen-bond donors (Lipinski definition) is 1. The second-order valence-electron chi connectivity index (χ2n) is 5.84. The third-order valence-corrected chi connectivity index (χ3v) is 4.38. The van der Waals surface area contributed by atoms with Crippen molar-refractivity contribution < 1.29 is 4.39 Å². The number of piperidine rings is 1. The van der Waals surface area contributed by atoms with E-state index in [1.165, 1.54) is 12.0 Å². The molecule has 2 rings (SSSR count). The number of nitrogens with one attached hydrogen (secondary N) is 1. The summed E-state index contributed by atoms with van der Waals surface area (Å²) in [7, 11) is 2.05. The van der Waals surface area contributed by atoms with E-state index in [2.05, 4.69) is 31.1 Å². The number of nitrogens with zero attached hydrogens (tertiary/aromatic N) is 1. The molecule has 1 aliphatic rings. The van der Waals surface area contributed by atoms with Crippen LogP contribution in [0.5, 0.6) is 0 Å². The summed E-state index contributed by atoms with van der Waals surface area (Å²) < 4.78 is 12.9. The van der Waals surface area contributed by atoms with Crippen LogP contribution in [0.2, 0.25) is 0 Å². The number of hydrogen-bond acceptors (Lipinski definition) is 2. The Labute approximate surface area is 116 Å². The molecule has 1 heterocycles. The molecule has 0 saturated carbocycles.